The summed E-state index contributed by atoms with van der Waals surface area (Å²) in [5.74, 6) is 1.32. The highest BCUT2D eigenvalue weighted by Crippen LogP contribution is 2.36. The first-order valence-corrected chi connectivity index (χ1v) is 10.7. The van der Waals surface area contributed by atoms with Crippen molar-refractivity contribution in [3.8, 4) is 0 Å². The number of hydrogen-bond acceptors (Lipinski definition) is 3. The number of para-hydroxylation sites is 2. The van der Waals surface area contributed by atoms with Crippen molar-refractivity contribution in [1.82, 2.24) is 14.9 Å². The first kappa shape index (κ1) is 18.3. The topological polar surface area (TPSA) is 50.2 Å². The number of benzene rings is 1. The Bertz CT molecular complexity index is 791. The highest BCUT2D eigenvalue weighted by atomic mass is 16.2. The van der Waals surface area contributed by atoms with Crippen LogP contribution in [0.1, 0.15) is 64.8 Å². The molecule has 2 aromatic rings. The standard InChI is InChI=1S/C22H32N4O/c1-16(2)23-21(27)17-9-8-14-25(15-17)22-24-19-12-6-7-13-20(19)26(22)18-10-4-3-5-11-18/h6-7,12-13,16-18H,3-5,8-11,14-15H2,1-2H3,(H,23,27). The molecule has 1 aliphatic heterocycles. The van der Waals surface area contributed by atoms with Gasteiger partial charge in [0.25, 0.3) is 0 Å². The quantitative estimate of drug-likeness (QED) is 0.876. The van der Waals surface area contributed by atoms with Gasteiger partial charge < -0.3 is 14.8 Å². The molecular weight excluding hydrogens is 336 g/mol. The average Bonchev–Trinajstić information content (AvgIpc) is 3.08. The second-order valence-corrected chi connectivity index (χ2v) is 8.51. The number of amides is 1. The fraction of sp³-hybridized carbons (Fsp3) is 0.636. The van der Waals surface area contributed by atoms with Gasteiger partial charge in [-0.05, 0) is 51.7 Å². The molecule has 5 heteroatoms. The zero-order valence-electron chi connectivity index (χ0n) is 16.7. The SMILES string of the molecule is CC(C)NC(=O)C1CCCN(c2nc3ccccc3n2C2CCCCC2)C1. The Morgan fingerprint density at radius 3 is 2.67 bits per heavy atom. The monoisotopic (exact) mass is 368 g/mol. The predicted molar refractivity (Wildman–Crippen MR) is 110 cm³/mol. The summed E-state index contributed by atoms with van der Waals surface area (Å²) >= 11 is 0. The summed E-state index contributed by atoms with van der Waals surface area (Å²) in [5, 5.41) is 3.10. The number of fused-ring (bicyclic) bond motifs is 1. The molecule has 5 nitrogen and oxygen atoms in total. The van der Waals surface area contributed by atoms with E-state index in [0.717, 1.165) is 37.4 Å². The molecule has 27 heavy (non-hydrogen) atoms. The Balaban J connectivity index is 1.65. The van der Waals surface area contributed by atoms with Crippen LogP contribution < -0.4 is 10.2 Å². The molecule has 146 valence electrons. The van der Waals surface area contributed by atoms with E-state index in [4.69, 9.17) is 4.98 Å². The Morgan fingerprint density at radius 2 is 1.89 bits per heavy atom. The van der Waals surface area contributed by atoms with Gasteiger partial charge in [0.15, 0.2) is 0 Å². The number of rotatable bonds is 4. The number of carbonyl (C=O) groups is 1. The molecule has 2 heterocycles. The zero-order chi connectivity index (χ0) is 18.8. The summed E-state index contributed by atoms with van der Waals surface area (Å²) in [4.78, 5) is 20.0. The van der Waals surface area contributed by atoms with Crippen LogP contribution in [0.3, 0.4) is 0 Å². The van der Waals surface area contributed by atoms with Gasteiger partial charge in [0.05, 0.1) is 17.0 Å². The first-order chi connectivity index (χ1) is 13.1. The maximum absolute atomic E-state index is 12.6. The molecule has 2 aliphatic rings. The Labute approximate surface area is 162 Å². The number of aromatic nitrogens is 2. The second kappa shape index (κ2) is 7.91. The largest absolute Gasteiger partial charge is 0.354 e. The van der Waals surface area contributed by atoms with Crippen LogP contribution in [-0.4, -0.2) is 34.6 Å². The summed E-state index contributed by atoms with van der Waals surface area (Å²) in [6, 6.07) is 9.23. The van der Waals surface area contributed by atoms with Gasteiger partial charge in [-0.25, -0.2) is 4.98 Å². The molecular formula is C22H32N4O. The van der Waals surface area contributed by atoms with Gasteiger partial charge in [0.1, 0.15) is 0 Å². The average molecular weight is 369 g/mol. The van der Waals surface area contributed by atoms with Crippen LogP contribution in [0.25, 0.3) is 11.0 Å². The normalized spacial score (nSPS) is 21.7. The number of anilines is 1. The van der Waals surface area contributed by atoms with Crippen molar-refractivity contribution in [2.75, 3.05) is 18.0 Å². The fourth-order valence-electron chi connectivity index (χ4n) is 4.73. The molecule has 1 N–H and O–H groups in total. The minimum Gasteiger partial charge on any atom is -0.354 e. The summed E-state index contributed by atoms with van der Waals surface area (Å²) in [6.07, 6.45) is 8.44. The van der Waals surface area contributed by atoms with Crippen molar-refractivity contribution < 1.29 is 4.79 Å². The number of nitrogens with one attached hydrogen (secondary N) is 1. The Morgan fingerprint density at radius 1 is 1.11 bits per heavy atom. The van der Waals surface area contributed by atoms with Gasteiger partial charge in [-0.1, -0.05) is 31.4 Å². The third-order valence-electron chi connectivity index (χ3n) is 6.02. The number of carbonyl (C=O) groups excluding carboxylic acids is 1. The number of hydrogen-bond donors (Lipinski definition) is 1. The molecule has 2 fully saturated rings. The molecule has 0 bridgehead atoms. The second-order valence-electron chi connectivity index (χ2n) is 8.51. The summed E-state index contributed by atoms with van der Waals surface area (Å²) < 4.78 is 2.48. The van der Waals surface area contributed by atoms with E-state index >= 15 is 0 Å². The van der Waals surface area contributed by atoms with Crippen molar-refractivity contribution in [3.05, 3.63) is 24.3 Å². The van der Waals surface area contributed by atoms with Crippen molar-refractivity contribution in [1.29, 1.82) is 0 Å². The first-order valence-electron chi connectivity index (χ1n) is 10.7. The van der Waals surface area contributed by atoms with E-state index in [1.54, 1.807) is 0 Å². The molecule has 0 radical (unpaired) electrons. The summed E-state index contributed by atoms with van der Waals surface area (Å²) in [7, 11) is 0. The molecule has 1 aromatic heterocycles. The van der Waals surface area contributed by atoms with Gasteiger partial charge in [0, 0.05) is 25.2 Å². The van der Waals surface area contributed by atoms with E-state index in [0.29, 0.717) is 6.04 Å². The molecule has 0 spiro atoms. The molecule has 4 rings (SSSR count). The van der Waals surface area contributed by atoms with Gasteiger partial charge >= 0.3 is 0 Å². The van der Waals surface area contributed by atoms with Crippen LogP contribution in [-0.2, 0) is 4.79 Å². The molecule has 1 saturated carbocycles. The highest BCUT2D eigenvalue weighted by Gasteiger charge is 2.30. The highest BCUT2D eigenvalue weighted by molar-refractivity contribution is 5.81. The molecule has 1 aromatic carbocycles. The van der Waals surface area contributed by atoms with Crippen LogP contribution in [0, 0.1) is 5.92 Å². The van der Waals surface area contributed by atoms with Gasteiger partial charge in [0.2, 0.25) is 11.9 Å². The van der Waals surface area contributed by atoms with Gasteiger partial charge in [-0.2, -0.15) is 0 Å². The van der Waals surface area contributed by atoms with E-state index in [1.165, 1.54) is 37.6 Å². The van der Waals surface area contributed by atoms with Crippen molar-refractivity contribution in [2.45, 2.75) is 70.9 Å². The summed E-state index contributed by atoms with van der Waals surface area (Å²) in [5.41, 5.74) is 2.32. The molecule has 1 aliphatic carbocycles. The minimum absolute atomic E-state index is 0.0563. The van der Waals surface area contributed by atoms with Crippen LogP contribution in [0.4, 0.5) is 5.95 Å². The zero-order valence-corrected chi connectivity index (χ0v) is 16.7. The predicted octanol–water partition coefficient (Wildman–Crippen LogP) is 4.28. The lowest BCUT2D eigenvalue weighted by atomic mass is 9.95. The maximum atomic E-state index is 12.6. The summed E-state index contributed by atoms with van der Waals surface area (Å²) in [6.45, 7) is 5.82. The lowest BCUT2D eigenvalue weighted by Gasteiger charge is -2.35. The van der Waals surface area contributed by atoms with E-state index in [2.05, 4.69) is 39.0 Å². The third-order valence-corrected chi connectivity index (χ3v) is 6.02. The molecule has 1 atom stereocenters. The number of piperidine rings is 1. The van der Waals surface area contributed by atoms with Crippen molar-refractivity contribution in [2.24, 2.45) is 5.92 Å². The van der Waals surface area contributed by atoms with E-state index in [-0.39, 0.29) is 17.9 Å². The number of nitrogens with zero attached hydrogens (tertiary/aromatic N) is 3. The van der Waals surface area contributed by atoms with Crippen LogP contribution >= 0.6 is 0 Å². The smallest absolute Gasteiger partial charge is 0.225 e. The lowest BCUT2D eigenvalue weighted by Crippen LogP contribution is -2.45. The molecule has 1 unspecified atom stereocenters. The van der Waals surface area contributed by atoms with Crippen molar-refractivity contribution in [3.63, 3.8) is 0 Å². The van der Waals surface area contributed by atoms with Crippen LogP contribution in [0.5, 0.6) is 0 Å². The Hall–Kier alpha value is -2.04. The van der Waals surface area contributed by atoms with E-state index in [1.807, 2.05) is 13.8 Å². The minimum atomic E-state index is 0.0563. The lowest BCUT2D eigenvalue weighted by molar-refractivity contribution is -0.125. The maximum Gasteiger partial charge on any atom is 0.225 e. The van der Waals surface area contributed by atoms with Crippen LogP contribution in [0.15, 0.2) is 24.3 Å². The van der Waals surface area contributed by atoms with E-state index < -0.39 is 0 Å². The number of imidazole rings is 1. The van der Waals surface area contributed by atoms with Gasteiger partial charge in [-0.3, -0.25) is 4.79 Å². The Kier molecular flexibility index (Phi) is 5.37. The van der Waals surface area contributed by atoms with Crippen molar-refractivity contribution >= 4 is 22.9 Å². The van der Waals surface area contributed by atoms with E-state index in [9.17, 15) is 4.79 Å². The fourth-order valence-corrected chi connectivity index (χ4v) is 4.73. The molecule has 1 saturated heterocycles. The van der Waals surface area contributed by atoms with Gasteiger partial charge in [-0.15, -0.1) is 0 Å². The van der Waals surface area contributed by atoms with Crippen LogP contribution in [0.2, 0.25) is 0 Å². The third kappa shape index (κ3) is 3.83. The molecule has 1 amide bonds.